The highest BCUT2D eigenvalue weighted by Crippen LogP contribution is 2.29. The fourth-order valence-corrected chi connectivity index (χ4v) is 4.06. The summed E-state index contributed by atoms with van der Waals surface area (Å²) < 4.78 is 12.3. The third-order valence-electron chi connectivity index (χ3n) is 5.80. The first-order valence-electron chi connectivity index (χ1n) is 10.9. The van der Waals surface area contributed by atoms with Gasteiger partial charge < -0.3 is 9.47 Å². The number of anilines is 2. The van der Waals surface area contributed by atoms with Crippen molar-refractivity contribution in [2.75, 3.05) is 38.9 Å². The van der Waals surface area contributed by atoms with E-state index in [1.54, 1.807) is 18.8 Å². The van der Waals surface area contributed by atoms with Crippen LogP contribution in [-0.2, 0) is 17.8 Å². The van der Waals surface area contributed by atoms with Crippen LogP contribution in [0, 0.1) is 6.92 Å². The number of aromatic nitrogens is 2. The van der Waals surface area contributed by atoms with E-state index < -0.39 is 0 Å². The highest BCUT2D eigenvalue weighted by Gasteiger charge is 2.27. The number of rotatable bonds is 8. The van der Waals surface area contributed by atoms with E-state index in [0.717, 1.165) is 41.2 Å². The maximum atomic E-state index is 13.6. The average Bonchev–Trinajstić information content (AvgIpc) is 2.83. The maximum absolute atomic E-state index is 13.6. The van der Waals surface area contributed by atoms with Crippen LogP contribution in [0.1, 0.15) is 23.2 Å². The second-order valence-corrected chi connectivity index (χ2v) is 8.02. The summed E-state index contributed by atoms with van der Waals surface area (Å²) in [6.45, 7) is 4.61. The molecule has 1 aliphatic heterocycles. The van der Waals surface area contributed by atoms with Gasteiger partial charge in [-0.1, -0.05) is 30.3 Å². The second-order valence-electron chi connectivity index (χ2n) is 8.02. The minimum Gasteiger partial charge on any atom is -0.497 e. The molecule has 2 aromatic carbocycles. The summed E-state index contributed by atoms with van der Waals surface area (Å²) in [5, 5.41) is 0. The van der Waals surface area contributed by atoms with Gasteiger partial charge in [-0.05, 0) is 43.2 Å². The lowest BCUT2D eigenvalue weighted by atomic mass is 10.1. The van der Waals surface area contributed by atoms with Gasteiger partial charge in [-0.15, -0.1) is 0 Å². The fraction of sp³-hybridized carbons (Fsp3) is 0.360. The van der Waals surface area contributed by atoms with Gasteiger partial charge in [-0.2, -0.15) is 0 Å². The van der Waals surface area contributed by atoms with Crippen molar-refractivity contribution in [3.63, 3.8) is 0 Å². The van der Waals surface area contributed by atoms with Crippen LogP contribution in [0.15, 0.2) is 59.4 Å². The van der Waals surface area contributed by atoms with Gasteiger partial charge in [0.15, 0.2) is 0 Å². The van der Waals surface area contributed by atoms with Crippen LogP contribution in [0.2, 0.25) is 0 Å². The van der Waals surface area contributed by atoms with E-state index in [4.69, 9.17) is 14.5 Å². The Morgan fingerprint density at radius 3 is 2.44 bits per heavy atom. The van der Waals surface area contributed by atoms with E-state index in [1.165, 1.54) is 0 Å². The summed E-state index contributed by atoms with van der Waals surface area (Å²) in [6, 6.07) is 17.9. The van der Waals surface area contributed by atoms with Crippen LogP contribution in [0.4, 0.5) is 11.6 Å². The summed E-state index contributed by atoms with van der Waals surface area (Å²) in [6.07, 6.45) is 1.47. The summed E-state index contributed by atoms with van der Waals surface area (Å²) in [5.74, 6) is 1.47. The van der Waals surface area contributed by atoms with Crippen molar-refractivity contribution in [2.24, 2.45) is 0 Å². The van der Waals surface area contributed by atoms with Gasteiger partial charge in [0.1, 0.15) is 5.75 Å². The smallest absolute Gasteiger partial charge is 0.259 e. The molecule has 0 saturated carbocycles. The third-order valence-corrected chi connectivity index (χ3v) is 5.80. The number of benzene rings is 2. The molecule has 0 bridgehead atoms. The number of nitrogens with zero attached hydrogens (tertiary/aromatic N) is 4. The number of fused-ring (bicyclic) bond motifs is 1. The monoisotopic (exact) mass is 434 g/mol. The largest absolute Gasteiger partial charge is 0.497 e. The number of methoxy groups -OCH3 is 2. The Kier molecular flexibility index (Phi) is 6.87. The summed E-state index contributed by atoms with van der Waals surface area (Å²) >= 11 is 0. The van der Waals surface area contributed by atoms with E-state index in [1.807, 2.05) is 61.5 Å². The molecule has 0 N–H and O–H groups in total. The Morgan fingerprint density at radius 2 is 1.75 bits per heavy atom. The molecule has 7 heteroatoms. The molecule has 0 fully saturated rings. The maximum Gasteiger partial charge on any atom is 0.259 e. The van der Waals surface area contributed by atoms with Gasteiger partial charge in [-0.25, -0.2) is 4.98 Å². The Labute approximate surface area is 188 Å². The first-order chi connectivity index (χ1) is 15.6. The highest BCUT2D eigenvalue weighted by atomic mass is 16.5. The van der Waals surface area contributed by atoms with Gasteiger partial charge in [0.25, 0.3) is 5.56 Å². The normalized spacial score (nSPS) is 13.8. The molecule has 1 aliphatic rings. The number of hydrogen-bond acceptors (Lipinski definition) is 6. The molecular weight excluding hydrogens is 404 g/mol. The van der Waals surface area contributed by atoms with Crippen LogP contribution in [0.5, 0.6) is 5.75 Å². The molecule has 0 saturated heterocycles. The molecule has 0 radical (unpaired) electrons. The zero-order valence-electron chi connectivity index (χ0n) is 19.0. The quantitative estimate of drug-likeness (QED) is 0.506. The number of ether oxygens (including phenoxy) is 2. The van der Waals surface area contributed by atoms with Crippen LogP contribution < -0.4 is 15.2 Å². The molecule has 0 atom stereocenters. The second kappa shape index (κ2) is 9.97. The van der Waals surface area contributed by atoms with Crippen molar-refractivity contribution in [2.45, 2.75) is 26.4 Å². The number of aryl methyl sites for hydroxylation is 1. The molecule has 0 unspecified atom stereocenters. The van der Waals surface area contributed by atoms with Crippen LogP contribution in [0.3, 0.4) is 0 Å². The number of hydrogen-bond donors (Lipinski definition) is 0. The molecule has 0 spiro atoms. The zero-order valence-corrected chi connectivity index (χ0v) is 19.0. The minimum absolute atomic E-state index is 0.0197. The third kappa shape index (κ3) is 4.69. The van der Waals surface area contributed by atoms with Crippen molar-refractivity contribution < 1.29 is 9.47 Å². The standard InChI is InChI=1S/C25H30N4O3/c1-19-23(16-20-8-5-4-6-9-20)24(30)29-18-27(14-7-15-31-2)17-28(25(29)26-19)21-10-12-22(32-3)13-11-21/h4-6,8-13H,7,14-18H2,1-3H3. The topological polar surface area (TPSA) is 59.8 Å². The summed E-state index contributed by atoms with van der Waals surface area (Å²) in [7, 11) is 3.36. The van der Waals surface area contributed by atoms with Crippen molar-refractivity contribution in [1.29, 1.82) is 0 Å². The first-order valence-corrected chi connectivity index (χ1v) is 10.9. The lowest BCUT2D eigenvalue weighted by molar-refractivity contribution is 0.150. The Hall–Kier alpha value is -3.16. The lowest BCUT2D eigenvalue weighted by Gasteiger charge is -2.38. The van der Waals surface area contributed by atoms with Gasteiger partial charge in [0, 0.05) is 37.9 Å². The van der Waals surface area contributed by atoms with Gasteiger partial charge in [0.05, 0.1) is 26.1 Å². The van der Waals surface area contributed by atoms with Crippen molar-refractivity contribution >= 4 is 11.6 Å². The van der Waals surface area contributed by atoms with Gasteiger partial charge >= 0.3 is 0 Å². The van der Waals surface area contributed by atoms with Crippen molar-refractivity contribution in [1.82, 2.24) is 14.5 Å². The molecule has 4 rings (SSSR count). The minimum atomic E-state index is 0.0197. The van der Waals surface area contributed by atoms with Gasteiger partial charge in [0.2, 0.25) is 5.95 Å². The van der Waals surface area contributed by atoms with Crippen molar-refractivity contribution in [3.8, 4) is 5.75 Å². The van der Waals surface area contributed by atoms with Crippen molar-refractivity contribution in [3.05, 3.63) is 81.8 Å². The predicted octanol–water partition coefficient (Wildman–Crippen LogP) is 3.56. The Bertz CT molecular complexity index is 1100. The van der Waals surface area contributed by atoms with Crippen LogP contribution in [-0.4, -0.2) is 48.5 Å². The van der Waals surface area contributed by atoms with E-state index in [2.05, 4.69) is 9.80 Å². The predicted molar refractivity (Wildman–Crippen MR) is 126 cm³/mol. The summed E-state index contributed by atoms with van der Waals surface area (Å²) in [4.78, 5) is 22.9. The molecule has 168 valence electrons. The van der Waals surface area contributed by atoms with E-state index in [-0.39, 0.29) is 5.56 Å². The molecule has 7 nitrogen and oxygen atoms in total. The molecule has 1 aromatic heterocycles. The SMILES string of the molecule is COCCCN1CN(c2ccc(OC)cc2)c2nc(C)c(Cc3ccccc3)c(=O)n2C1. The molecular formula is C25H30N4O3. The summed E-state index contributed by atoms with van der Waals surface area (Å²) in [5.41, 5.74) is 3.61. The van der Waals surface area contributed by atoms with E-state index >= 15 is 0 Å². The van der Waals surface area contributed by atoms with Crippen LogP contribution >= 0.6 is 0 Å². The van der Waals surface area contributed by atoms with E-state index in [0.29, 0.717) is 32.3 Å². The van der Waals surface area contributed by atoms with Gasteiger partial charge in [-0.3, -0.25) is 19.2 Å². The molecule has 32 heavy (non-hydrogen) atoms. The average molecular weight is 435 g/mol. The highest BCUT2D eigenvalue weighted by molar-refractivity contribution is 5.59. The van der Waals surface area contributed by atoms with Crippen LogP contribution in [0.25, 0.3) is 0 Å². The zero-order chi connectivity index (χ0) is 22.5. The molecule has 2 heterocycles. The van der Waals surface area contributed by atoms with E-state index in [9.17, 15) is 4.79 Å². The lowest BCUT2D eigenvalue weighted by Crippen LogP contribution is -2.48. The fourth-order valence-electron chi connectivity index (χ4n) is 4.06. The first kappa shape index (κ1) is 22.0. The molecule has 0 amide bonds. The Morgan fingerprint density at radius 1 is 1.00 bits per heavy atom. The molecule has 0 aliphatic carbocycles. The Balaban J connectivity index is 1.74. The molecule has 3 aromatic rings.